The van der Waals surface area contributed by atoms with E-state index in [1.54, 1.807) is 53.7 Å². The molecule has 8 nitrogen and oxygen atoms in total. The highest BCUT2D eigenvalue weighted by molar-refractivity contribution is 7.89. The van der Waals surface area contributed by atoms with Crippen LogP contribution in [-0.2, 0) is 29.1 Å². The Labute approximate surface area is 254 Å². The van der Waals surface area contributed by atoms with E-state index in [9.17, 15) is 18.0 Å². The van der Waals surface area contributed by atoms with Gasteiger partial charge >= 0.3 is 11.9 Å². The van der Waals surface area contributed by atoms with Gasteiger partial charge in [0.1, 0.15) is 22.5 Å². The van der Waals surface area contributed by atoms with Crippen molar-refractivity contribution in [2.75, 3.05) is 7.11 Å². The molecule has 0 aromatic heterocycles. The summed E-state index contributed by atoms with van der Waals surface area (Å²) in [5, 5.41) is 0. The lowest BCUT2D eigenvalue weighted by Crippen LogP contribution is -2.34. The standard InChI is InChI=1S/C34H39NO7S/c1-23(31(36)41-33(2,3)4)22-29(32(37)42-34(5,6)7)30(35-43(38,39)28-20-18-27(40-8)19-21-28)26-16-14-25(15-17-26)24-12-10-9-11-13-24/h9-21,30,35H,1-8H3/t22?,30-/m1/s1. The van der Waals surface area contributed by atoms with Crippen LogP contribution >= 0.6 is 0 Å². The number of sulfonamides is 1. The number of esters is 2. The fourth-order valence-corrected chi connectivity index (χ4v) is 5.15. The van der Waals surface area contributed by atoms with Crippen LogP contribution in [0.1, 0.15) is 60.1 Å². The molecule has 3 aromatic rings. The van der Waals surface area contributed by atoms with Gasteiger partial charge < -0.3 is 14.2 Å². The summed E-state index contributed by atoms with van der Waals surface area (Å²) < 4.78 is 46.3. The van der Waals surface area contributed by atoms with Crippen molar-refractivity contribution in [3.05, 3.63) is 101 Å². The van der Waals surface area contributed by atoms with E-state index in [0.717, 1.165) is 11.1 Å². The summed E-state index contributed by atoms with van der Waals surface area (Å²) in [6.07, 6.45) is 0. The average Bonchev–Trinajstić information content (AvgIpc) is 2.93. The number of rotatable bonds is 9. The van der Waals surface area contributed by atoms with Gasteiger partial charge in [0, 0.05) is 0 Å². The predicted octanol–water partition coefficient (Wildman–Crippen LogP) is 6.54. The molecule has 43 heavy (non-hydrogen) atoms. The Morgan fingerprint density at radius 3 is 1.77 bits per heavy atom. The zero-order chi connectivity index (χ0) is 32.0. The predicted molar refractivity (Wildman–Crippen MR) is 166 cm³/mol. The Kier molecular flexibility index (Phi) is 10.4. The van der Waals surface area contributed by atoms with Crippen LogP contribution in [0.5, 0.6) is 5.75 Å². The first-order valence-corrected chi connectivity index (χ1v) is 15.2. The smallest absolute Gasteiger partial charge is 0.344 e. The van der Waals surface area contributed by atoms with Gasteiger partial charge in [-0.25, -0.2) is 18.0 Å². The number of carbonyl (C=O) groups excluding carboxylic acids is 2. The Morgan fingerprint density at radius 1 is 0.744 bits per heavy atom. The fourth-order valence-electron chi connectivity index (χ4n) is 3.95. The molecule has 1 atom stereocenters. The van der Waals surface area contributed by atoms with Crippen molar-refractivity contribution in [3.63, 3.8) is 0 Å². The molecule has 1 N–H and O–H groups in total. The van der Waals surface area contributed by atoms with Crippen LogP contribution in [-0.4, -0.2) is 38.7 Å². The molecule has 0 unspecified atom stereocenters. The maximum absolute atomic E-state index is 13.7. The van der Waals surface area contributed by atoms with Gasteiger partial charge in [-0.1, -0.05) is 60.3 Å². The van der Waals surface area contributed by atoms with E-state index in [1.807, 2.05) is 42.5 Å². The van der Waals surface area contributed by atoms with Crippen molar-refractivity contribution < 1.29 is 32.2 Å². The topological polar surface area (TPSA) is 108 Å². The van der Waals surface area contributed by atoms with Gasteiger partial charge in [-0.15, -0.1) is 0 Å². The number of methoxy groups -OCH3 is 1. The Balaban J connectivity index is 2.23. The molecular weight excluding hydrogens is 566 g/mol. The molecule has 3 aromatic carbocycles. The molecule has 0 bridgehead atoms. The molecular formula is C34H39NO7S. The molecule has 0 spiro atoms. The summed E-state index contributed by atoms with van der Waals surface area (Å²) in [6, 6.07) is 21.3. The Morgan fingerprint density at radius 2 is 1.26 bits per heavy atom. The second-order valence-corrected chi connectivity index (χ2v) is 13.6. The minimum atomic E-state index is -4.20. The molecule has 3 rings (SSSR count). The maximum atomic E-state index is 13.7. The lowest BCUT2D eigenvalue weighted by molar-refractivity contribution is -0.150. The molecule has 228 valence electrons. The van der Waals surface area contributed by atoms with Gasteiger partial charge in [-0.3, -0.25) is 0 Å². The molecule has 0 radical (unpaired) electrons. The lowest BCUT2D eigenvalue weighted by atomic mass is 9.96. The van der Waals surface area contributed by atoms with Crippen LogP contribution in [0.4, 0.5) is 0 Å². The summed E-state index contributed by atoms with van der Waals surface area (Å²) in [5.41, 5.74) is 3.19. The lowest BCUT2D eigenvalue weighted by Gasteiger charge is -2.25. The highest BCUT2D eigenvalue weighted by atomic mass is 32.2. The molecule has 0 amide bonds. The maximum Gasteiger partial charge on any atom is 0.344 e. The van der Waals surface area contributed by atoms with Crippen LogP contribution in [0.3, 0.4) is 0 Å². The van der Waals surface area contributed by atoms with E-state index in [4.69, 9.17) is 14.2 Å². The molecule has 0 fully saturated rings. The largest absolute Gasteiger partial charge is 0.497 e. The minimum Gasteiger partial charge on any atom is -0.497 e. The van der Waals surface area contributed by atoms with Crippen molar-refractivity contribution >= 4 is 22.0 Å². The summed E-state index contributed by atoms with van der Waals surface area (Å²) in [7, 11) is -2.72. The Hall–Kier alpha value is -4.17. The SMILES string of the molecule is COc1ccc(S(=O)(=O)N[C@@H](C(=C=C(C)C(=O)OC(C)(C)C)C(=O)OC(C)(C)C)c2ccc(-c3ccccc3)cc2)cc1. The first kappa shape index (κ1) is 33.3. The Bertz CT molecular complexity index is 1610. The first-order chi connectivity index (χ1) is 20.0. The highest BCUT2D eigenvalue weighted by Crippen LogP contribution is 2.30. The van der Waals surface area contributed by atoms with E-state index >= 15 is 0 Å². The van der Waals surface area contributed by atoms with E-state index in [0.29, 0.717) is 11.3 Å². The molecule has 9 heteroatoms. The van der Waals surface area contributed by atoms with Crippen LogP contribution in [0.2, 0.25) is 0 Å². The molecule has 0 aliphatic heterocycles. The zero-order valence-electron chi connectivity index (χ0n) is 25.8. The number of nitrogens with one attached hydrogen (secondary N) is 1. The normalized spacial score (nSPS) is 12.5. The van der Waals surface area contributed by atoms with Crippen molar-refractivity contribution in [1.29, 1.82) is 0 Å². The molecule has 0 saturated carbocycles. The third-order valence-corrected chi connectivity index (χ3v) is 7.37. The van der Waals surface area contributed by atoms with E-state index in [-0.39, 0.29) is 16.0 Å². The quantitative estimate of drug-likeness (QED) is 0.168. The first-order valence-electron chi connectivity index (χ1n) is 13.7. The molecule has 0 saturated heterocycles. The second kappa shape index (κ2) is 13.4. The summed E-state index contributed by atoms with van der Waals surface area (Å²) in [5.74, 6) is -1.06. The van der Waals surface area contributed by atoms with Gasteiger partial charge in [-0.05, 0) is 89.4 Å². The molecule has 0 aliphatic rings. The van der Waals surface area contributed by atoms with E-state index in [1.165, 1.54) is 38.3 Å². The van der Waals surface area contributed by atoms with Crippen molar-refractivity contribution in [2.45, 2.75) is 70.6 Å². The third-order valence-electron chi connectivity index (χ3n) is 5.93. The number of benzene rings is 3. The molecule has 0 aliphatic carbocycles. The zero-order valence-corrected chi connectivity index (χ0v) is 26.7. The van der Waals surface area contributed by atoms with E-state index in [2.05, 4.69) is 10.5 Å². The summed E-state index contributed by atoms with van der Waals surface area (Å²) in [4.78, 5) is 26.5. The number of hydrogen-bond donors (Lipinski definition) is 1. The van der Waals surface area contributed by atoms with Crippen LogP contribution in [0.25, 0.3) is 11.1 Å². The van der Waals surface area contributed by atoms with Gasteiger partial charge in [0.2, 0.25) is 10.0 Å². The van der Waals surface area contributed by atoms with Gasteiger partial charge in [0.25, 0.3) is 0 Å². The van der Waals surface area contributed by atoms with Crippen LogP contribution < -0.4 is 9.46 Å². The number of carbonyl (C=O) groups is 2. The fraction of sp³-hybridized carbons (Fsp3) is 0.324. The summed E-state index contributed by atoms with van der Waals surface area (Å²) >= 11 is 0. The third kappa shape index (κ3) is 9.68. The van der Waals surface area contributed by atoms with Gasteiger partial charge in [0.05, 0.1) is 23.6 Å². The van der Waals surface area contributed by atoms with Crippen molar-refractivity contribution in [1.82, 2.24) is 4.72 Å². The van der Waals surface area contributed by atoms with Gasteiger partial charge in [-0.2, -0.15) is 4.72 Å². The monoisotopic (exact) mass is 605 g/mol. The van der Waals surface area contributed by atoms with Crippen LogP contribution in [0.15, 0.2) is 101 Å². The summed E-state index contributed by atoms with van der Waals surface area (Å²) in [6.45, 7) is 11.7. The number of hydrogen-bond acceptors (Lipinski definition) is 7. The molecule has 0 heterocycles. The average molecular weight is 606 g/mol. The van der Waals surface area contributed by atoms with Crippen LogP contribution in [0, 0.1) is 0 Å². The van der Waals surface area contributed by atoms with Gasteiger partial charge in [0.15, 0.2) is 0 Å². The van der Waals surface area contributed by atoms with Crippen molar-refractivity contribution in [3.8, 4) is 16.9 Å². The number of ether oxygens (including phenoxy) is 3. The highest BCUT2D eigenvalue weighted by Gasteiger charge is 2.32. The van der Waals surface area contributed by atoms with Crippen molar-refractivity contribution in [2.24, 2.45) is 0 Å². The van der Waals surface area contributed by atoms with E-state index < -0.39 is 39.2 Å². The minimum absolute atomic E-state index is 0.0228. The second-order valence-electron chi connectivity index (χ2n) is 11.9.